The molecule has 106 valence electrons. The fourth-order valence-corrected chi connectivity index (χ4v) is 2.21. The largest absolute Gasteiger partial charge is 0.324 e. The minimum atomic E-state index is -0.524. The van der Waals surface area contributed by atoms with Gasteiger partial charge in [0.15, 0.2) is 0 Å². The SMILES string of the molecule is CC(C)=CCN1C(=O)c2cc(Cl)ccc2NC(=O)C1C. The van der Waals surface area contributed by atoms with Crippen molar-refractivity contribution in [2.24, 2.45) is 0 Å². The first-order valence-corrected chi connectivity index (χ1v) is 6.82. The summed E-state index contributed by atoms with van der Waals surface area (Å²) in [6.07, 6.45) is 1.93. The molecule has 1 aromatic carbocycles. The Morgan fingerprint density at radius 3 is 2.75 bits per heavy atom. The molecular formula is C15H17ClN2O2. The molecule has 1 aliphatic heterocycles. The van der Waals surface area contributed by atoms with Crippen molar-refractivity contribution in [1.29, 1.82) is 0 Å². The lowest BCUT2D eigenvalue weighted by atomic mass is 10.1. The highest BCUT2D eigenvalue weighted by Gasteiger charge is 2.31. The molecule has 1 atom stereocenters. The Balaban J connectivity index is 2.45. The van der Waals surface area contributed by atoms with E-state index >= 15 is 0 Å². The van der Waals surface area contributed by atoms with Crippen LogP contribution in [0.1, 0.15) is 31.1 Å². The van der Waals surface area contributed by atoms with Crippen LogP contribution in [0.4, 0.5) is 5.69 Å². The molecule has 0 saturated carbocycles. The van der Waals surface area contributed by atoms with Crippen molar-refractivity contribution in [2.75, 3.05) is 11.9 Å². The van der Waals surface area contributed by atoms with Crippen LogP contribution in [-0.4, -0.2) is 29.3 Å². The van der Waals surface area contributed by atoms with Crippen molar-refractivity contribution < 1.29 is 9.59 Å². The number of hydrogen-bond donors (Lipinski definition) is 1. The summed E-state index contributed by atoms with van der Waals surface area (Å²) in [6.45, 7) is 6.04. The van der Waals surface area contributed by atoms with E-state index in [2.05, 4.69) is 5.32 Å². The van der Waals surface area contributed by atoms with Gasteiger partial charge < -0.3 is 10.2 Å². The molecule has 2 rings (SSSR count). The molecule has 0 radical (unpaired) electrons. The van der Waals surface area contributed by atoms with Crippen LogP contribution >= 0.6 is 11.6 Å². The third kappa shape index (κ3) is 2.85. The van der Waals surface area contributed by atoms with Crippen LogP contribution in [0.15, 0.2) is 29.8 Å². The van der Waals surface area contributed by atoms with Gasteiger partial charge >= 0.3 is 0 Å². The second-order valence-electron chi connectivity index (χ2n) is 5.09. The van der Waals surface area contributed by atoms with Gasteiger partial charge in [0.2, 0.25) is 5.91 Å². The van der Waals surface area contributed by atoms with Crippen LogP contribution < -0.4 is 5.32 Å². The van der Waals surface area contributed by atoms with E-state index in [-0.39, 0.29) is 11.8 Å². The number of nitrogens with one attached hydrogen (secondary N) is 1. The Labute approximate surface area is 123 Å². The molecule has 1 aromatic rings. The van der Waals surface area contributed by atoms with Crippen LogP contribution in [0.25, 0.3) is 0 Å². The maximum absolute atomic E-state index is 12.6. The maximum Gasteiger partial charge on any atom is 0.256 e. The Bertz CT molecular complexity index is 592. The third-order valence-electron chi connectivity index (χ3n) is 3.27. The smallest absolute Gasteiger partial charge is 0.256 e. The van der Waals surface area contributed by atoms with Crippen molar-refractivity contribution in [1.82, 2.24) is 4.90 Å². The zero-order valence-electron chi connectivity index (χ0n) is 11.7. The fourth-order valence-electron chi connectivity index (χ4n) is 2.03. The summed E-state index contributed by atoms with van der Waals surface area (Å²) in [6, 6.07) is 4.38. The quantitative estimate of drug-likeness (QED) is 0.852. The number of fused-ring (bicyclic) bond motifs is 1. The molecule has 0 aromatic heterocycles. The lowest BCUT2D eigenvalue weighted by Gasteiger charge is -2.24. The molecular weight excluding hydrogens is 276 g/mol. The van der Waals surface area contributed by atoms with Gasteiger partial charge in [-0.3, -0.25) is 9.59 Å². The van der Waals surface area contributed by atoms with E-state index in [4.69, 9.17) is 11.6 Å². The van der Waals surface area contributed by atoms with Crippen LogP contribution in [0, 0.1) is 0 Å². The molecule has 0 bridgehead atoms. The second kappa shape index (κ2) is 5.67. The van der Waals surface area contributed by atoms with E-state index in [1.807, 2.05) is 19.9 Å². The third-order valence-corrected chi connectivity index (χ3v) is 3.51. The zero-order chi connectivity index (χ0) is 14.9. The molecule has 1 aliphatic rings. The summed E-state index contributed by atoms with van der Waals surface area (Å²) in [5.74, 6) is -0.382. The van der Waals surface area contributed by atoms with E-state index in [1.54, 1.807) is 30.0 Å². The number of amides is 2. The van der Waals surface area contributed by atoms with Crippen LogP contribution in [0.2, 0.25) is 5.02 Å². The summed E-state index contributed by atoms with van der Waals surface area (Å²) in [5.41, 5.74) is 2.04. The molecule has 0 saturated heterocycles. The van der Waals surface area contributed by atoms with Crippen LogP contribution in [0.3, 0.4) is 0 Å². The van der Waals surface area contributed by atoms with Crippen molar-refractivity contribution in [3.8, 4) is 0 Å². The average molecular weight is 293 g/mol. The molecule has 1 unspecified atom stereocenters. The Kier molecular flexibility index (Phi) is 4.14. The zero-order valence-corrected chi connectivity index (χ0v) is 12.5. The van der Waals surface area contributed by atoms with Gasteiger partial charge in [0.25, 0.3) is 5.91 Å². The van der Waals surface area contributed by atoms with Gasteiger partial charge in [-0.1, -0.05) is 23.3 Å². The number of hydrogen-bond acceptors (Lipinski definition) is 2. The first-order valence-electron chi connectivity index (χ1n) is 6.45. The molecule has 5 heteroatoms. The number of benzene rings is 1. The van der Waals surface area contributed by atoms with E-state index in [9.17, 15) is 9.59 Å². The average Bonchev–Trinajstić information content (AvgIpc) is 2.47. The predicted molar refractivity (Wildman–Crippen MR) is 80.0 cm³/mol. The second-order valence-corrected chi connectivity index (χ2v) is 5.53. The monoisotopic (exact) mass is 292 g/mol. The fraction of sp³-hybridized carbons (Fsp3) is 0.333. The van der Waals surface area contributed by atoms with Crippen molar-refractivity contribution in [2.45, 2.75) is 26.8 Å². The first kappa shape index (κ1) is 14.6. The Hall–Kier alpha value is -1.81. The number of halogens is 1. The van der Waals surface area contributed by atoms with E-state index in [0.29, 0.717) is 22.8 Å². The van der Waals surface area contributed by atoms with E-state index < -0.39 is 6.04 Å². The number of rotatable bonds is 2. The highest BCUT2D eigenvalue weighted by molar-refractivity contribution is 6.31. The van der Waals surface area contributed by atoms with Crippen molar-refractivity contribution in [3.63, 3.8) is 0 Å². The minimum absolute atomic E-state index is 0.189. The predicted octanol–water partition coefficient (Wildman–Crippen LogP) is 3.09. The van der Waals surface area contributed by atoms with Gasteiger partial charge in [-0.25, -0.2) is 0 Å². The van der Waals surface area contributed by atoms with Gasteiger partial charge in [0, 0.05) is 11.6 Å². The van der Waals surface area contributed by atoms with Gasteiger partial charge in [-0.2, -0.15) is 0 Å². The van der Waals surface area contributed by atoms with Gasteiger partial charge in [0.1, 0.15) is 6.04 Å². The number of carbonyl (C=O) groups is 2. The molecule has 0 fully saturated rings. The first-order chi connectivity index (χ1) is 9.40. The van der Waals surface area contributed by atoms with Crippen molar-refractivity contribution in [3.05, 3.63) is 40.4 Å². The molecule has 20 heavy (non-hydrogen) atoms. The van der Waals surface area contributed by atoms with Crippen LogP contribution in [0.5, 0.6) is 0 Å². The molecule has 2 amide bonds. The highest BCUT2D eigenvalue weighted by Crippen LogP contribution is 2.26. The summed E-state index contributed by atoms with van der Waals surface area (Å²) >= 11 is 5.95. The molecule has 1 N–H and O–H groups in total. The standard InChI is InChI=1S/C15H17ClN2O2/c1-9(2)6-7-18-10(3)14(19)17-13-5-4-11(16)8-12(13)15(18)20/h4-6,8,10H,7H2,1-3H3,(H,17,19). The van der Waals surface area contributed by atoms with E-state index in [1.165, 1.54) is 0 Å². The Morgan fingerprint density at radius 2 is 2.10 bits per heavy atom. The summed E-state index contributed by atoms with van der Waals surface area (Å²) in [4.78, 5) is 26.3. The van der Waals surface area contributed by atoms with Gasteiger partial charge in [-0.05, 0) is 39.0 Å². The number of carbonyl (C=O) groups excluding carboxylic acids is 2. The number of nitrogens with zero attached hydrogens (tertiary/aromatic N) is 1. The lowest BCUT2D eigenvalue weighted by molar-refractivity contribution is -0.119. The van der Waals surface area contributed by atoms with Gasteiger partial charge in [-0.15, -0.1) is 0 Å². The lowest BCUT2D eigenvalue weighted by Crippen LogP contribution is -2.43. The summed E-state index contributed by atoms with van der Waals surface area (Å²) in [7, 11) is 0. The van der Waals surface area contributed by atoms with E-state index in [0.717, 1.165) is 5.57 Å². The number of anilines is 1. The normalized spacial score (nSPS) is 18.2. The minimum Gasteiger partial charge on any atom is -0.324 e. The molecule has 1 heterocycles. The maximum atomic E-state index is 12.6. The highest BCUT2D eigenvalue weighted by atomic mass is 35.5. The van der Waals surface area contributed by atoms with Gasteiger partial charge in [0.05, 0.1) is 11.3 Å². The van der Waals surface area contributed by atoms with Crippen molar-refractivity contribution >= 4 is 29.1 Å². The molecule has 0 aliphatic carbocycles. The molecule has 4 nitrogen and oxygen atoms in total. The summed E-state index contributed by atoms with van der Waals surface area (Å²) in [5, 5.41) is 3.24. The Morgan fingerprint density at radius 1 is 1.40 bits per heavy atom. The topological polar surface area (TPSA) is 49.4 Å². The number of allylic oxidation sites excluding steroid dienone is 1. The summed E-state index contributed by atoms with van der Waals surface area (Å²) < 4.78 is 0. The molecule has 0 spiro atoms. The van der Waals surface area contributed by atoms with Crippen LogP contribution in [-0.2, 0) is 4.79 Å².